The fourth-order valence-corrected chi connectivity index (χ4v) is 3.06. The zero-order chi connectivity index (χ0) is 19.5. The van der Waals surface area contributed by atoms with Crippen LogP contribution in [-0.2, 0) is 13.1 Å². The molecule has 0 aliphatic carbocycles. The van der Waals surface area contributed by atoms with Crippen LogP contribution in [-0.4, -0.2) is 30.6 Å². The van der Waals surface area contributed by atoms with Gasteiger partial charge in [-0.25, -0.2) is 4.39 Å². The van der Waals surface area contributed by atoms with Crippen LogP contribution in [0.4, 0.5) is 4.39 Å². The summed E-state index contributed by atoms with van der Waals surface area (Å²) in [6.45, 7) is 0.445. The summed E-state index contributed by atoms with van der Waals surface area (Å²) in [6.07, 6.45) is 2.13. The highest BCUT2D eigenvalue weighted by Gasteiger charge is 2.17. The summed E-state index contributed by atoms with van der Waals surface area (Å²) in [5.74, 6) is -0.182. The minimum atomic E-state index is -0.348. The third kappa shape index (κ3) is 3.38. The number of aryl methyl sites for hydroxylation is 1. The van der Waals surface area contributed by atoms with E-state index < -0.39 is 0 Å². The molecule has 2 heterocycles. The molecular weight excluding hydrogens is 359 g/mol. The molecule has 0 spiro atoms. The molecule has 0 amide bonds. The normalized spacial score (nSPS) is 10.9. The lowest BCUT2D eigenvalue weighted by Gasteiger charge is -2.00. The van der Waals surface area contributed by atoms with Crippen molar-refractivity contribution < 1.29 is 9.18 Å². The maximum atomic E-state index is 13.0. The summed E-state index contributed by atoms with van der Waals surface area (Å²) < 4.78 is 15.0. The van der Waals surface area contributed by atoms with Crippen LogP contribution >= 0.6 is 0 Å². The lowest BCUT2D eigenvalue weighted by Crippen LogP contribution is -2.13. The minimum Gasteiger partial charge on any atom is -0.346 e. The van der Waals surface area contributed by atoms with Crippen molar-refractivity contribution in [2.45, 2.75) is 19.5 Å². The molecular formula is C20H15FN6O. The van der Waals surface area contributed by atoms with Gasteiger partial charge < -0.3 is 4.57 Å². The van der Waals surface area contributed by atoms with Gasteiger partial charge in [-0.2, -0.15) is 10.1 Å². The van der Waals surface area contributed by atoms with Gasteiger partial charge in [0.15, 0.2) is 5.78 Å². The lowest BCUT2D eigenvalue weighted by molar-refractivity contribution is 0.0963. The van der Waals surface area contributed by atoms with Crippen LogP contribution in [0.1, 0.15) is 16.8 Å². The van der Waals surface area contributed by atoms with Crippen LogP contribution in [0.3, 0.4) is 0 Å². The van der Waals surface area contributed by atoms with E-state index in [2.05, 4.69) is 21.5 Å². The first-order valence-electron chi connectivity index (χ1n) is 8.67. The first-order valence-corrected chi connectivity index (χ1v) is 8.67. The van der Waals surface area contributed by atoms with Gasteiger partial charge in [0.05, 0.1) is 12.5 Å². The highest BCUT2D eigenvalue weighted by Crippen LogP contribution is 2.22. The molecule has 0 unspecified atom stereocenters. The summed E-state index contributed by atoms with van der Waals surface area (Å²) >= 11 is 0. The fourth-order valence-electron chi connectivity index (χ4n) is 3.06. The first kappa shape index (κ1) is 17.5. The molecule has 7 nitrogen and oxygen atoms in total. The predicted molar refractivity (Wildman–Crippen MR) is 99.7 cm³/mol. The van der Waals surface area contributed by atoms with Gasteiger partial charge in [0, 0.05) is 34.8 Å². The van der Waals surface area contributed by atoms with Crippen molar-refractivity contribution >= 4 is 16.7 Å². The summed E-state index contributed by atoms with van der Waals surface area (Å²) in [5.41, 5.74) is 2.07. The van der Waals surface area contributed by atoms with E-state index in [9.17, 15) is 9.18 Å². The van der Waals surface area contributed by atoms with E-state index in [1.807, 2.05) is 28.8 Å². The average molecular weight is 374 g/mol. The van der Waals surface area contributed by atoms with Crippen LogP contribution in [0.15, 0.2) is 54.7 Å². The van der Waals surface area contributed by atoms with Crippen molar-refractivity contribution in [2.75, 3.05) is 0 Å². The molecule has 0 fully saturated rings. The number of nitrogens with zero attached hydrogens (tertiary/aromatic N) is 6. The number of benzene rings is 2. The summed E-state index contributed by atoms with van der Waals surface area (Å²) in [7, 11) is 0. The Kier molecular flexibility index (Phi) is 4.64. The number of Topliss-reactive ketones (excluding diaryl/α,β-unsaturated/α-hetero) is 1. The van der Waals surface area contributed by atoms with Crippen molar-refractivity contribution in [3.05, 3.63) is 66.1 Å². The summed E-state index contributed by atoms with van der Waals surface area (Å²) in [5, 5.41) is 21.7. The highest BCUT2D eigenvalue weighted by atomic mass is 19.1. The Bertz CT molecular complexity index is 1190. The Hall–Kier alpha value is -3.86. The van der Waals surface area contributed by atoms with E-state index in [-0.39, 0.29) is 18.1 Å². The number of tetrazole rings is 1. The molecule has 2 aromatic heterocycles. The predicted octanol–water partition coefficient (Wildman–Crippen LogP) is 3.23. The van der Waals surface area contributed by atoms with Crippen LogP contribution in [0.25, 0.3) is 22.3 Å². The minimum absolute atomic E-state index is 0.0690. The average Bonchev–Trinajstić information content (AvgIpc) is 3.32. The van der Waals surface area contributed by atoms with Gasteiger partial charge >= 0.3 is 0 Å². The number of carbonyl (C=O) groups excluding carboxylic acids is 1. The summed E-state index contributed by atoms with van der Waals surface area (Å²) in [6, 6.07) is 15.4. The second kappa shape index (κ2) is 7.40. The molecule has 4 rings (SSSR count). The number of hydrogen-bond acceptors (Lipinski definition) is 5. The second-order valence-electron chi connectivity index (χ2n) is 6.23. The molecule has 0 radical (unpaired) electrons. The number of halogens is 1. The standard InChI is InChI=1S/C20H15FN6O/c21-15-8-6-14(7-9-15)20-23-25-27(24-20)13-19(28)17-12-26(11-3-10-22)18-5-2-1-4-16(17)18/h1-2,4-9,12H,3,11,13H2. The number of para-hydroxylation sites is 1. The molecule has 28 heavy (non-hydrogen) atoms. The number of nitriles is 1. The Morgan fingerprint density at radius 1 is 1.14 bits per heavy atom. The molecule has 0 saturated heterocycles. The van der Waals surface area contributed by atoms with E-state index >= 15 is 0 Å². The number of ketones is 1. The van der Waals surface area contributed by atoms with E-state index in [0.717, 1.165) is 10.9 Å². The van der Waals surface area contributed by atoms with E-state index in [4.69, 9.17) is 5.26 Å². The molecule has 0 bridgehead atoms. The SMILES string of the molecule is N#CCCn1cc(C(=O)Cn2nnc(-c3ccc(F)cc3)n2)c2ccccc21. The van der Waals surface area contributed by atoms with Gasteiger partial charge in [0.2, 0.25) is 5.82 Å². The Morgan fingerprint density at radius 3 is 2.71 bits per heavy atom. The zero-order valence-electron chi connectivity index (χ0n) is 14.8. The van der Waals surface area contributed by atoms with Gasteiger partial charge in [0.25, 0.3) is 0 Å². The molecule has 0 atom stereocenters. The van der Waals surface area contributed by atoms with Crippen molar-refractivity contribution in [1.29, 1.82) is 5.26 Å². The number of rotatable bonds is 6. The fraction of sp³-hybridized carbons (Fsp3) is 0.150. The van der Waals surface area contributed by atoms with Crippen LogP contribution in [0.5, 0.6) is 0 Å². The van der Waals surface area contributed by atoms with Gasteiger partial charge in [-0.1, -0.05) is 18.2 Å². The Balaban J connectivity index is 1.59. The van der Waals surface area contributed by atoms with Crippen molar-refractivity contribution in [1.82, 2.24) is 24.8 Å². The smallest absolute Gasteiger partial charge is 0.204 e. The molecule has 0 saturated carbocycles. The molecule has 0 N–H and O–H groups in total. The third-order valence-electron chi connectivity index (χ3n) is 4.39. The second-order valence-corrected chi connectivity index (χ2v) is 6.23. The zero-order valence-corrected chi connectivity index (χ0v) is 14.8. The van der Waals surface area contributed by atoms with Gasteiger partial charge in [-0.05, 0) is 35.5 Å². The van der Waals surface area contributed by atoms with Crippen LogP contribution < -0.4 is 0 Å². The van der Waals surface area contributed by atoms with E-state index in [1.165, 1.54) is 16.9 Å². The quantitative estimate of drug-likeness (QED) is 0.483. The number of fused-ring (bicyclic) bond motifs is 1. The molecule has 0 aliphatic heterocycles. The number of carbonyl (C=O) groups is 1. The van der Waals surface area contributed by atoms with Gasteiger partial charge in [-0.15, -0.1) is 10.2 Å². The van der Waals surface area contributed by atoms with E-state index in [0.29, 0.717) is 29.9 Å². The molecule has 8 heteroatoms. The van der Waals surface area contributed by atoms with Crippen LogP contribution in [0.2, 0.25) is 0 Å². The molecule has 0 aliphatic rings. The Labute approximate surface area is 159 Å². The third-order valence-corrected chi connectivity index (χ3v) is 4.39. The topological polar surface area (TPSA) is 89.4 Å². The van der Waals surface area contributed by atoms with Crippen molar-refractivity contribution in [3.8, 4) is 17.5 Å². The first-order chi connectivity index (χ1) is 13.7. The maximum Gasteiger partial charge on any atom is 0.204 e. The lowest BCUT2D eigenvalue weighted by atomic mass is 10.1. The monoisotopic (exact) mass is 374 g/mol. The highest BCUT2D eigenvalue weighted by molar-refractivity contribution is 6.07. The number of hydrogen-bond donors (Lipinski definition) is 0. The molecule has 138 valence electrons. The Morgan fingerprint density at radius 2 is 1.93 bits per heavy atom. The number of aromatic nitrogens is 5. The largest absolute Gasteiger partial charge is 0.346 e. The molecule has 2 aromatic carbocycles. The van der Waals surface area contributed by atoms with E-state index in [1.54, 1.807) is 18.3 Å². The van der Waals surface area contributed by atoms with Crippen molar-refractivity contribution in [3.63, 3.8) is 0 Å². The van der Waals surface area contributed by atoms with Gasteiger partial charge in [0.1, 0.15) is 12.4 Å². The van der Waals surface area contributed by atoms with Crippen molar-refractivity contribution in [2.24, 2.45) is 0 Å². The molecule has 4 aromatic rings. The van der Waals surface area contributed by atoms with Crippen LogP contribution in [0, 0.1) is 17.1 Å². The summed E-state index contributed by atoms with van der Waals surface area (Å²) in [4.78, 5) is 14.1. The van der Waals surface area contributed by atoms with Gasteiger partial charge in [-0.3, -0.25) is 4.79 Å². The maximum absolute atomic E-state index is 13.0.